The van der Waals surface area contributed by atoms with Gasteiger partial charge in [-0.2, -0.15) is 0 Å². The van der Waals surface area contributed by atoms with E-state index < -0.39 is 6.10 Å². The van der Waals surface area contributed by atoms with E-state index in [0.717, 1.165) is 122 Å². The molecule has 0 saturated heterocycles. The molecule has 0 spiro atoms. The second kappa shape index (κ2) is 50.2. The third kappa shape index (κ3) is 47.5. The molecule has 0 fully saturated rings. The average Bonchev–Trinajstić information content (AvgIpc) is 3.25. The van der Waals surface area contributed by atoms with E-state index in [1.807, 2.05) is 0 Å². The molecule has 60 heavy (non-hydrogen) atoms. The van der Waals surface area contributed by atoms with E-state index in [0.29, 0.717) is 19.4 Å². The zero-order chi connectivity index (χ0) is 43.5. The standard InChI is InChI=1S/C55H92O5/c1-4-7-10-13-16-19-22-25-26-27-28-29-32-35-38-41-44-47-50-58-51-53(60-55(57)49-46-43-40-37-34-31-24-21-18-15-12-9-6-3)52-59-54(56)48-45-42-39-36-33-30-23-20-17-14-11-8-5-2/h7,10-12,14-16,19-21,23-26,28-29,53H,4-6,8-9,13,17-18,22,27,30-52H2,1-3H3/b10-7-,14-11-,15-12-,19-16-,23-20-,24-21-,26-25-,29-28-. The fourth-order valence-electron chi connectivity index (χ4n) is 6.40. The van der Waals surface area contributed by atoms with Crippen LogP contribution in [0.15, 0.2) is 97.2 Å². The number of carbonyl (C=O) groups excluding carboxylic acids is 2. The molecular formula is C55H92O5. The minimum Gasteiger partial charge on any atom is -0.462 e. The number of carbonyl (C=O) groups is 2. The minimum absolute atomic E-state index is 0.0593. The van der Waals surface area contributed by atoms with Crippen LogP contribution in [-0.2, 0) is 23.8 Å². The summed E-state index contributed by atoms with van der Waals surface area (Å²) >= 11 is 0. The van der Waals surface area contributed by atoms with Gasteiger partial charge in [0.25, 0.3) is 0 Å². The molecule has 0 aromatic heterocycles. The summed E-state index contributed by atoms with van der Waals surface area (Å²) in [6.45, 7) is 7.51. The van der Waals surface area contributed by atoms with Gasteiger partial charge in [-0.15, -0.1) is 0 Å². The molecule has 0 amide bonds. The van der Waals surface area contributed by atoms with Crippen molar-refractivity contribution in [3.05, 3.63) is 97.2 Å². The first-order valence-corrected chi connectivity index (χ1v) is 24.8. The highest BCUT2D eigenvalue weighted by molar-refractivity contribution is 5.70. The Bertz CT molecular complexity index is 1170. The summed E-state index contributed by atoms with van der Waals surface area (Å²) in [6, 6.07) is 0. The topological polar surface area (TPSA) is 61.8 Å². The smallest absolute Gasteiger partial charge is 0.306 e. The molecule has 5 heteroatoms. The van der Waals surface area contributed by atoms with Crippen LogP contribution in [0, 0.1) is 0 Å². The maximum Gasteiger partial charge on any atom is 0.306 e. The molecule has 0 aliphatic heterocycles. The van der Waals surface area contributed by atoms with Crippen LogP contribution >= 0.6 is 0 Å². The summed E-state index contributed by atoms with van der Waals surface area (Å²) in [4.78, 5) is 25.3. The van der Waals surface area contributed by atoms with Gasteiger partial charge in [0.05, 0.1) is 6.61 Å². The van der Waals surface area contributed by atoms with Crippen LogP contribution in [0.3, 0.4) is 0 Å². The van der Waals surface area contributed by atoms with Crippen molar-refractivity contribution in [2.75, 3.05) is 19.8 Å². The fraction of sp³-hybridized carbons (Fsp3) is 0.673. The van der Waals surface area contributed by atoms with Crippen molar-refractivity contribution in [2.45, 2.75) is 219 Å². The first-order chi connectivity index (χ1) is 29.6. The third-order valence-electron chi connectivity index (χ3n) is 10.0. The number of allylic oxidation sites excluding steroid dienone is 16. The molecule has 0 saturated carbocycles. The predicted molar refractivity (Wildman–Crippen MR) is 260 cm³/mol. The largest absolute Gasteiger partial charge is 0.462 e. The lowest BCUT2D eigenvalue weighted by molar-refractivity contribution is -0.163. The highest BCUT2D eigenvalue weighted by Gasteiger charge is 2.17. The van der Waals surface area contributed by atoms with Gasteiger partial charge in [-0.25, -0.2) is 0 Å². The lowest BCUT2D eigenvalue weighted by atomic mass is 10.1. The van der Waals surface area contributed by atoms with E-state index in [4.69, 9.17) is 14.2 Å². The van der Waals surface area contributed by atoms with Gasteiger partial charge in [0.1, 0.15) is 6.61 Å². The quantitative estimate of drug-likeness (QED) is 0.0348. The molecule has 0 N–H and O–H groups in total. The van der Waals surface area contributed by atoms with E-state index >= 15 is 0 Å². The van der Waals surface area contributed by atoms with Gasteiger partial charge in [0.15, 0.2) is 6.10 Å². The van der Waals surface area contributed by atoms with Crippen LogP contribution in [0.25, 0.3) is 0 Å². The van der Waals surface area contributed by atoms with Gasteiger partial charge in [-0.3, -0.25) is 9.59 Å². The van der Waals surface area contributed by atoms with Crippen molar-refractivity contribution >= 4 is 11.9 Å². The summed E-state index contributed by atoms with van der Waals surface area (Å²) in [7, 11) is 0. The highest BCUT2D eigenvalue weighted by Crippen LogP contribution is 2.12. The van der Waals surface area contributed by atoms with Crippen LogP contribution in [0.4, 0.5) is 0 Å². The monoisotopic (exact) mass is 833 g/mol. The molecular weight excluding hydrogens is 741 g/mol. The van der Waals surface area contributed by atoms with E-state index in [9.17, 15) is 9.59 Å². The molecule has 0 aromatic rings. The summed E-state index contributed by atoms with van der Waals surface area (Å²) < 4.78 is 17.3. The second-order valence-electron chi connectivity index (χ2n) is 16.0. The van der Waals surface area contributed by atoms with Gasteiger partial charge in [-0.1, -0.05) is 189 Å². The molecule has 342 valence electrons. The normalized spacial score (nSPS) is 13.1. The maximum atomic E-state index is 12.8. The third-order valence-corrected chi connectivity index (χ3v) is 10.0. The van der Waals surface area contributed by atoms with Crippen LogP contribution < -0.4 is 0 Å². The first kappa shape index (κ1) is 56.8. The van der Waals surface area contributed by atoms with Gasteiger partial charge in [0, 0.05) is 19.4 Å². The molecule has 1 unspecified atom stereocenters. The number of hydrogen-bond acceptors (Lipinski definition) is 5. The Balaban J connectivity index is 4.35. The van der Waals surface area contributed by atoms with E-state index in [2.05, 4.69) is 118 Å². The second-order valence-corrected chi connectivity index (χ2v) is 16.0. The Morgan fingerprint density at radius 1 is 0.383 bits per heavy atom. The van der Waals surface area contributed by atoms with E-state index in [1.165, 1.54) is 57.8 Å². The molecule has 0 heterocycles. The number of esters is 2. The number of unbranched alkanes of at least 4 members (excludes halogenated alkanes) is 17. The highest BCUT2D eigenvalue weighted by atomic mass is 16.6. The zero-order valence-electron chi connectivity index (χ0n) is 39.2. The van der Waals surface area contributed by atoms with E-state index in [-0.39, 0.29) is 25.2 Å². The lowest BCUT2D eigenvalue weighted by Crippen LogP contribution is -2.30. The summed E-state index contributed by atoms with van der Waals surface area (Å²) in [5.74, 6) is -0.446. The Labute approximate surface area is 371 Å². The Kier molecular flexibility index (Phi) is 47.5. The maximum absolute atomic E-state index is 12.8. The summed E-state index contributed by atoms with van der Waals surface area (Å²) in [5, 5.41) is 0. The van der Waals surface area contributed by atoms with Crippen molar-refractivity contribution in [3.63, 3.8) is 0 Å². The molecule has 0 aliphatic carbocycles. The minimum atomic E-state index is -0.564. The molecule has 0 bridgehead atoms. The number of rotatable bonds is 44. The van der Waals surface area contributed by atoms with Gasteiger partial charge >= 0.3 is 11.9 Å². The van der Waals surface area contributed by atoms with Crippen molar-refractivity contribution < 1.29 is 23.8 Å². The Morgan fingerprint density at radius 2 is 0.750 bits per heavy atom. The van der Waals surface area contributed by atoms with Gasteiger partial charge in [0.2, 0.25) is 0 Å². The van der Waals surface area contributed by atoms with Crippen LogP contribution in [0.5, 0.6) is 0 Å². The molecule has 0 rings (SSSR count). The molecule has 0 radical (unpaired) electrons. The van der Waals surface area contributed by atoms with Crippen LogP contribution in [0.1, 0.15) is 213 Å². The van der Waals surface area contributed by atoms with Crippen LogP contribution in [-0.4, -0.2) is 37.9 Å². The molecule has 0 aliphatic rings. The first-order valence-electron chi connectivity index (χ1n) is 24.8. The fourth-order valence-corrected chi connectivity index (χ4v) is 6.40. The van der Waals surface area contributed by atoms with Crippen molar-refractivity contribution in [3.8, 4) is 0 Å². The van der Waals surface area contributed by atoms with Gasteiger partial charge < -0.3 is 14.2 Å². The van der Waals surface area contributed by atoms with Gasteiger partial charge in [-0.05, 0) is 109 Å². The van der Waals surface area contributed by atoms with Crippen LogP contribution in [0.2, 0.25) is 0 Å². The lowest BCUT2D eigenvalue weighted by Gasteiger charge is -2.18. The molecule has 5 nitrogen and oxygen atoms in total. The Hall–Kier alpha value is -3.18. The van der Waals surface area contributed by atoms with Crippen molar-refractivity contribution in [2.24, 2.45) is 0 Å². The molecule has 1 atom stereocenters. The number of hydrogen-bond donors (Lipinski definition) is 0. The average molecular weight is 833 g/mol. The Morgan fingerprint density at radius 3 is 1.20 bits per heavy atom. The van der Waals surface area contributed by atoms with Crippen molar-refractivity contribution in [1.82, 2.24) is 0 Å². The summed E-state index contributed by atoms with van der Waals surface area (Å²) in [6.07, 6.45) is 66.9. The predicted octanol–water partition coefficient (Wildman–Crippen LogP) is 16.7. The number of ether oxygens (including phenoxy) is 3. The molecule has 0 aromatic carbocycles. The van der Waals surface area contributed by atoms with Crippen molar-refractivity contribution in [1.29, 1.82) is 0 Å². The SMILES string of the molecule is CC/C=C\C/C=C\C/C=C\C/C=C\CCCCCCCOCC(COC(=O)CCCCCCC/C=C\C/C=C\CCC)OC(=O)CCCCCCC/C=C\C/C=C\CCC. The van der Waals surface area contributed by atoms with E-state index in [1.54, 1.807) is 0 Å². The summed E-state index contributed by atoms with van der Waals surface area (Å²) in [5.41, 5.74) is 0. The zero-order valence-corrected chi connectivity index (χ0v) is 39.2.